The molecule has 2 aromatic rings. The highest BCUT2D eigenvalue weighted by Gasteiger charge is 2.19. The van der Waals surface area contributed by atoms with Gasteiger partial charge in [0.15, 0.2) is 5.75 Å². The molecule has 0 saturated carbocycles. The molecule has 0 aromatic heterocycles. The lowest BCUT2D eigenvalue weighted by molar-refractivity contribution is 0.0694. The van der Waals surface area contributed by atoms with E-state index >= 15 is 0 Å². The number of hydrogen-bond donors (Lipinski definition) is 2. The Morgan fingerprint density at radius 2 is 2.14 bits per heavy atom. The third kappa shape index (κ3) is 2.88. The van der Waals surface area contributed by atoms with Crippen LogP contribution in [0.5, 0.6) is 11.5 Å². The van der Waals surface area contributed by atoms with Crippen molar-refractivity contribution in [1.82, 2.24) is 0 Å². The minimum absolute atomic E-state index is 0.0550. The first-order chi connectivity index (χ1) is 9.93. The molecule has 0 unspecified atom stereocenters. The van der Waals surface area contributed by atoms with E-state index in [1.165, 1.54) is 18.2 Å². The summed E-state index contributed by atoms with van der Waals surface area (Å²) in [7, 11) is 0. The molecule has 0 amide bonds. The highest BCUT2D eigenvalue weighted by Crippen LogP contribution is 2.36. The normalized spacial score (nSPS) is 9.95. The van der Waals surface area contributed by atoms with Crippen molar-refractivity contribution < 1.29 is 19.0 Å². The zero-order valence-electron chi connectivity index (χ0n) is 10.4. The number of rotatable bonds is 3. The van der Waals surface area contributed by atoms with E-state index in [1.807, 2.05) is 0 Å². The highest BCUT2D eigenvalue weighted by atomic mass is 35.5. The van der Waals surface area contributed by atoms with Crippen LogP contribution in [0.15, 0.2) is 30.3 Å². The second kappa shape index (κ2) is 5.69. The predicted molar refractivity (Wildman–Crippen MR) is 74.0 cm³/mol. The van der Waals surface area contributed by atoms with Crippen LogP contribution in [0, 0.1) is 17.1 Å². The molecule has 0 atom stereocenters. The van der Waals surface area contributed by atoms with Gasteiger partial charge in [-0.1, -0.05) is 17.7 Å². The lowest BCUT2D eigenvalue weighted by Gasteiger charge is -2.12. The summed E-state index contributed by atoms with van der Waals surface area (Å²) in [4.78, 5) is 11.2. The van der Waals surface area contributed by atoms with Gasteiger partial charge in [0.2, 0.25) is 0 Å². The smallest absolute Gasteiger partial charge is 0.339 e. The Bertz CT molecular complexity index is 772. The van der Waals surface area contributed by atoms with Gasteiger partial charge in [0, 0.05) is 5.69 Å². The SMILES string of the molecule is N#Cc1c(F)cccc1Oc1c(Cl)cc(N)cc1C(=O)O. The summed E-state index contributed by atoms with van der Waals surface area (Å²) in [6.45, 7) is 0. The minimum atomic E-state index is -1.31. The fraction of sp³-hybridized carbons (Fsp3) is 0. The molecule has 2 aromatic carbocycles. The number of nitrogens with two attached hydrogens (primary N) is 1. The van der Waals surface area contributed by atoms with Crippen LogP contribution in [-0.4, -0.2) is 11.1 Å². The first kappa shape index (κ1) is 14.6. The van der Waals surface area contributed by atoms with Gasteiger partial charge in [-0.2, -0.15) is 5.26 Å². The first-order valence-corrected chi connectivity index (χ1v) is 6.00. The second-order valence-corrected chi connectivity index (χ2v) is 4.42. The predicted octanol–water partition coefficient (Wildman–Crippen LogP) is 3.42. The van der Waals surface area contributed by atoms with Gasteiger partial charge < -0.3 is 15.6 Å². The number of carboxylic acid groups (broad SMARTS) is 1. The van der Waals surface area contributed by atoms with E-state index in [0.717, 1.165) is 12.1 Å². The Morgan fingerprint density at radius 1 is 1.43 bits per heavy atom. The summed E-state index contributed by atoms with van der Waals surface area (Å²) in [5.41, 5.74) is 5.04. The number of ether oxygens (including phenoxy) is 1. The van der Waals surface area contributed by atoms with Gasteiger partial charge in [-0.3, -0.25) is 0 Å². The molecule has 0 radical (unpaired) electrons. The van der Waals surface area contributed by atoms with Gasteiger partial charge in [-0.25, -0.2) is 9.18 Å². The van der Waals surface area contributed by atoms with Crippen LogP contribution in [0.1, 0.15) is 15.9 Å². The van der Waals surface area contributed by atoms with E-state index in [4.69, 9.17) is 32.4 Å². The highest BCUT2D eigenvalue weighted by molar-refractivity contribution is 6.33. The van der Waals surface area contributed by atoms with E-state index < -0.39 is 11.8 Å². The molecule has 106 valence electrons. The van der Waals surface area contributed by atoms with Gasteiger partial charge in [-0.15, -0.1) is 0 Å². The maximum absolute atomic E-state index is 13.5. The fourth-order valence-corrected chi connectivity index (χ4v) is 1.95. The standard InChI is InChI=1S/C14H8ClFN2O3/c15-10-5-7(18)4-8(14(19)20)13(10)21-12-3-1-2-11(16)9(12)6-17/h1-5H,18H2,(H,19,20). The zero-order valence-corrected chi connectivity index (χ0v) is 11.2. The van der Waals surface area contributed by atoms with Crippen molar-refractivity contribution >= 4 is 23.3 Å². The molecule has 0 fully saturated rings. The summed E-state index contributed by atoms with van der Waals surface area (Å²) in [6, 6.07) is 7.87. The zero-order chi connectivity index (χ0) is 15.6. The van der Waals surface area contributed by atoms with Crippen LogP contribution in [0.4, 0.5) is 10.1 Å². The molecule has 0 aliphatic rings. The molecular weight excluding hydrogens is 299 g/mol. The van der Waals surface area contributed by atoms with E-state index in [0.29, 0.717) is 0 Å². The Hall–Kier alpha value is -2.78. The van der Waals surface area contributed by atoms with E-state index in [9.17, 15) is 9.18 Å². The Kier molecular flexibility index (Phi) is 3.96. The van der Waals surface area contributed by atoms with E-state index in [2.05, 4.69) is 0 Å². The minimum Gasteiger partial charge on any atom is -0.478 e. The number of nitriles is 1. The summed E-state index contributed by atoms with van der Waals surface area (Å²) in [5, 5.41) is 18.0. The van der Waals surface area contributed by atoms with Crippen molar-refractivity contribution in [2.45, 2.75) is 0 Å². The van der Waals surface area contributed by atoms with Gasteiger partial charge in [0.25, 0.3) is 0 Å². The Balaban J connectivity index is 2.58. The van der Waals surface area contributed by atoms with Crippen LogP contribution in [0.3, 0.4) is 0 Å². The molecule has 5 nitrogen and oxygen atoms in total. The van der Waals surface area contributed by atoms with E-state index in [-0.39, 0.29) is 33.3 Å². The van der Waals surface area contributed by atoms with Gasteiger partial charge in [0.1, 0.15) is 28.8 Å². The summed E-state index contributed by atoms with van der Waals surface area (Å²) >= 11 is 5.92. The molecule has 2 rings (SSSR count). The number of nitrogens with zero attached hydrogens (tertiary/aromatic N) is 1. The Labute approximate surface area is 123 Å². The number of benzene rings is 2. The number of nitrogen functional groups attached to an aromatic ring is 1. The Morgan fingerprint density at radius 3 is 2.76 bits per heavy atom. The molecule has 3 N–H and O–H groups in total. The third-order valence-corrected chi connectivity index (χ3v) is 2.88. The molecule has 7 heteroatoms. The molecule has 0 aliphatic carbocycles. The van der Waals surface area contributed by atoms with Gasteiger partial charge in [-0.05, 0) is 24.3 Å². The van der Waals surface area contributed by atoms with Crippen molar-refractivity contribution in [1.29, 1.82) is 5.26 Å². The number of anilines is 1. The van der Waals surface area contributed by atoms with Crippen molar-refractivity contribution in [3.63, 3.8) is 0 Å². The van der Waals surface area contributed by atoms with Crippen molar-refractivity contribution in [2.75, 3.05) is 5.73 Å². The van der Waals surface area contributed by atoms with Crippen LogP contribution >= 0.6 is 11.6 Å². The topological polar surface area (TPSA) is 96.3 Å². The molecule has 21 heavy (non-hydrogen) atoms. The number of halogens is 2. The summed E-state index contributed by atoms with van der Waals surface area (Å²) in [5.74, 6) is -2.43. The summed E-state index contributed by atoms with van der Waals surface area (Å²) in [6.07, 6.45) is 0. The first-order valence-electron chi connectivity index (χ1n) is 5.62. The largest absolute Gasteiger partial charge is 0.478 e. The lowest BCUT2D eigenvalue weighted by Crippen LogP contribution is -2.03. The second-order valence-electron chi connectivity index (χ2n) is 4.01. The van der Waals surface area contributed by atoms with Crippen molar-refractivity contribution in [2.24, 2.45) is 0 Å². The maximum Gasteiger partial charge on any atom is 0.339 e. The average Bonchev–Trinajstić information content (AvgIpc) is 2.41. The van der Waals surface area contributed by atoms with Gasteiger partial charge >= 0.3 is 5.97 Å². The summed E-state index contributed by atoms with van der Waals surface area (Å²) < 4.78 is 18.8. The fourth-order valence-electron chi connectivity index (χ4n) is 1.68. The molecule has 0 saturated heterocycles. The molecule has 0 aliphatic heterocycles. The molecule has 0 spiro atoms. The van der Waals surface area contributed by atoms with Gasteiger partial charge in [0.05, 0.1) is 5.02 Å². The van der Waals surface area contributed by atoms with Crippen molar-refractivity contribution in [3.8, 4) is 17.6 Å². The monoisotopic (exact) mass is 306 g/mol. The lowest BCUT2D eigenvalue weighted by atomic mass is 10.1. The van der Waals surface area contributed by atoms with E-state index in [1.54, 1.807) is 6.07 Å². The van der Waals surface area contributed by atoms with Crippen LogP contribution in [-0.2, 0) is 0 Å². The number of hydrogen-bond acceptors (Lipinski definition) is 4. The van der Waals surface area contributed by atoms with Crippen LogP contribution in [0.25, 0.3) is 0 Å². The number of carbonyl (C=O) groups is 1. The third-order valence-electron chi connectivity index (χ3n) is 2.60. The average molecular weight is 307 g/mol. The molecular formula is C14H8ClFN2O3. The van der Waals surface area contributed by atoms with Crippen LogP contribution in [0.2, 0.25) is 5.02 Å². The molecule has 0 heterocycles. The maximum atomic E-state index is 13.5. The molecule has 0 bridgehead atoms. The number of carboxylic acids is 1. The van der Waals surface area contributed by atoms with Crippen LogP contribution < -0.4 is 10.5 Å². The van der Waals surface area contributed by atoms with Crippen molar-refractivity contribution in [3.05, 3.63) is 52.3 Å². The quantitative estimate of drug-likeness (QED) is 0.847. The number of aromatic carboxylic acids is 1.